The molecule has 5 heteroatoms. The standard InChI is InChI=1S/C14H20N2O3/c1-19-13-7-6-9(15)8-10(13)14(18)16-11-4-2-3-5-12(11)17/h6-8,11-12,17H,2-5,15H2,1H3,(H,16,18). The molecule has 1 saturated carbocycles. The zero-order valence-electron chi connectivity index (χ0n) is 11.1. The Morgan fingerprint density at radius 1 is 1.42 bits per heavy atom. The number of amides is 1. The van der Waals surface area contributed by atoms with E-state index in [4.69, 9.17) is 10.5 Å². The molecule has 5 nitrogen and oxygen atoms in total. The van der Waals surface area contributed by atoms with Crippen LogP contribution in [-0.4, -0.2) is 30.3 Å². The van der Waals surface area contributed by atoms with Crippen molar-refractivity contribution in [3.63, 3.8) is 0 Å². The molecule has 104 valence electrons. The van der Waals surface area contributed by atoms with E-state index in [0.717, 1.165) is 25.7 Å². The quantitative estimate of drug-likeness (QED) is 0.719. The largest absolute Gasteiger partial charge is 0.496 e. The third kappa shape index (κ3) is 3.17. The highest BCUT2D eigenvalue weighted by Crippen LogP contribution is 2.23. The molecule has 0 aromatic heterocycles. The van der Waals surface area contributed by atoms with Gasteiger partial charge in [0.15, 0.2) is 0 Å². The number of hydrogen-bond donors (Lipinski definition) is 3. The van der Waals surface area contributed by atoms with Crippen LogP contribution in [0.3, 0.4) is 0 Å². The van der Waals surface area contributed by atoms with Gasteiger partial charge in [0.05, 0.1) is 24.8 Å². The first kappa shape index (κ1) is 13.7. The van der Waals surface area contributed by atoms with Crippen LogP contribution in [0.4, 0.5) is 5.69 Å². The predicted molar refractivity (Wildman–Crippen MR) is 73.1 cm³/mol. The number of methoxy groups -OCH3 is 1. The number of carbonyl (C=O) groups excluding carboxylic acids is 1. The lowest BCUT2D eigenvalue weighted by Gasteiger charge is -2.28. The normalized spacial score (nSPS) is 22.8. The minimum atomic E-state index is -0.468. The first-order valence-corrected chi connectivity index (χ1v) is 6.54. The van der Waals surface area contributed by atoms with Crippen molar-refractivity contribution < 1.29 is 14.6 Å². The van der Waals surface area contributed by atoms with Crippen molar-refractivity contribution in [2.45, 2.75) is 37.8 Å². The van der Waals surface area contributed by atoms with Crippen LogP contribution in [-0.2, 0) is 0 Å². The number of aliphatic hydroxyl groups is 1. The monoisotopic (exact) mass is 264 g/mol. The van der Waals surface area contributed by atoms with Gasteiger partial charge in [-0.2, -0.15) is 0 Å². The molecule has 1 aromatic rings. The highest BCUT2D eigenvalue weighted by atomic mass is 16.5. The molecule has 0 aliphatic heterocycles. The van der Waals surface area contributed by atoms with E-state index in [-0.39, 0.29) is 11.9 Å². The zero-order chi connectivity index (χ0) is 13.8. The van der Waals surface area contributed by atoms with Gasteiger partial charge < -0.3 is 20.9 Å². The number of nitrogen functional groups attached to an aromatic ring is 1. The smallest absolute Gasteiger partial charge is 0.255 e. The predicted octanol–water partition coefficient (Wildman–Crippen LogP) is 1.31. The Bertz CT molecular complexity index is 462. The lowest BCUT2D eigenvalue weighted by atomic mass is 9.92. The number of nitrogens with one attached hydrogen (secondary N) is 1. The van der Waals surface area contributed by atoms with E-state index in [2.05, 4.69) is 5.32 Å². The molecule has 19 heavy (non-hydrogen) atoms. The maximum absolute atomic E-state index is 12.2. The maximum atomic E-state index is 12.2. The Kier molecular flexibility index (Phi) is 4.27. The molecule has 1 aliphatic carbocycles. The van der Waals surface area contributed by atoms with Gasteiger partial charge in [-0.25, -0.2) is 0 Å². The van der Waals surface area contributed by atoms with Gasteiger partial charge in [0.1, 0.15) is 5.75 Å². The second-order valence-electron chi connectivity index (χ2n) is 4.89. The summed E-state index contributed by atoms with van der Waals surface area (Å²) in [5.41, 5.74) is 6.61. The van der Waals surface area contributed by atoms with Crippen LogP contribution in [0.15, 0.2) is 18.2 Å². The van der Waals surface area contributed by atoms with Crippen molar-refractivity contribution in [3.05, 3.63) is 23.8 Å². The van der Waals surface area contributed by atoms with E-state index < -0.39 is 6.10 Å². The van der Waals surface area contributed by atoms with Crippen LogP contribution in [0.25, 0.3) is 0 Å². The molecule has 2 unspecified atom stereocenters. The summed E-state index contributed by atoms with van der Waals surface area (Å²) in [5, 5.41) is 12.7. The number of aliphatic hydroxyl groups excluding tert-OH is 1. The Labute approximate surface area is 112 Å². The fourth-order valence-electron chi connectivity index (χ4n) is 2.43. The molecule has 1 aliphatic rings. The molecule has 4 N–H and O–H groups in total. The summed E-state index contributed by atoms with van der Waals surface area (Å²) in [7, 11) is 1.51. The number of carbonyl (C=O) groups is 1. The van der Waals surface area contributed by atoms with Gasteiger partial charge >= 0.3 is 0 Å². The molecule has 2 rings (SSSR count). The average Bonchev–Trinajstić information content (AvgIpc) is 2.41. The van der Waals surface area contributed by atoms with Crippen molar-refractivity contribution in [2.75, 3.05) is 12.8 Å². The second-order valence-corrected chi connectivity index (χ2v) is 4.89. The lowest BCUT2D eigenvalue weighted by molar-refractivity contribution is 0.0715. The highest BCUT2D eigenvalue weighted by molar-refractivity contribution is 5.98. The topological polar surface area (TPSA) is 84.6 Å². The summed E-state index contributed by atoms with van der Waals surface area (Å²) in [6.07, 6.45) is 3.10. The number of nitrogens with two attached hydrogens (primary N) is 1. The molecule has 0 bridgehead atoms. The van der Waals surface area contributed by atoms with Gasteiger partial charge in [-0.3, -0.25) is 4.79 Å². The molecule has 0 spiro atoms. The summed E-state index contributed by atoms with van der Waals surface area (Å²) >= 11 is 0. The minimum Gasteiger partial charge on any atom is -0.496 e. The summed E-state index contributed by atoms with van der Waals surface area (Å²) in [6.45, 7) is 0. The average molecular weight is 264 g/mol. The summed E-state index contributed by atoms with van der Waals surface area (Å²) in [6, 6.07) is 4.75. The fourth-order valence-corrected chi connectivity index (χ4v) is 2.43. The van der Waals surface area contributed by atoms with E-state index in [1.165, 1.54) is 7.11 Å². The van der Waals surface area contributed by atoms with Crippen LogP contribution < -0.4 is 15.8 Å². The Morgan fingerprint density at radius 2 is 2.16 bits per heavy atom. The van der Waals surface area contributed by atoms with Gasteiger partial charge in [0, 0.05) is 5.69 Å². The van der Waals surface area contributed by atoms with Crippen LogP contribution >= 0.6 is 0 Å². The molecule has 1 amide bonds. The Balaban J connectivity index is 2.13. The van der Waals surface area contributed by atoms with Gasteiger partial charge in [-0.05, 0) is 31.0 Å². The first-order chi connectivity index (χ1) is 9.11. The molecular formula is C14H20N2O3. The SMILES string of the molecule is COc1ccc(N)cc1C(=O)NC1CCCCC1O. The number of ether oxygens (including phenoxy) is 1. The maximum Gasteiger partial charge on any atom is 0.255 e. The summed E-state index contributed by atoms with van der Waals surface area (Å²) < 4.78 is 5.16. The van der Waals surface area contributed by atoms with Crippen LogP contribution in [0.5, 0.6) is 5.75 Å². The fraction of sp³-hybridized carbons (Fsp3) is 0.500. The zero-order valence-corrected chi connectivity index (χ0v) is 11.1. The van der Waals surface area contributed by atoms with E-state index in [9.17, 15) is 9.90 Å². The number of rotatable bonds is 3. The van der Waals surface area contributed by atoms with Crippen molar-refractivity contribution >= 4 is 11.6 Å². The molecule has 1 fully saturated rings. The highest BCUT2D eigenvalue weighted by Gasteiger charge is 2.25. The molecular weight excluding hydrogens is 244 g/mol. The molecule has 0 heterocycles. The molecule has 2 atom stereocenters. The van der Waals surface area contributed by atoms with Crippen molar-refractivity contribution in [3.8, 4) is 5.75 Å². The second kappa shape index (κ2) is 5.93. The Hall–Kier alpha value is -1.75. The van der Waals surface area contributed by atoms with Gasteiger partial charge in [-0.15, -0.1) is 0 Å². The van der Waals surface area contributed by atoms with E-state index in [1.807, 2.05) is 0 Å². The molecule has 1 aromatic carbocycles. The molecule has 0 saturated heterocycles. The van der Waals surface area contributed by atoms with Crippen LogP contribution in [0.2, 0.25) is 0 Å². The van der Waals surface area contributed by atoms with Crippen molar-refractivity contribution in [2.24, 2.45) is 0 Å². The third-order valence-corrected chi connectivity index (χ3v) is 3.51. The van der Waals surface area contributed by atoms with E-state index in [0.29, 0.717) is 17.0 Å². The minimum absolute atomic E-state index is 0.188. The first-order valence-electron chi connectivity index (χ1n) is 6.54. The van der Waals surface area contributed by atoms with Crippen LogP contribution in [0.1, 0.15) is 36.0 Å². The van der Waals surface area contributed by atoms with Crippen LogP contribution in [0, 0.1) is 0 Å². The van der Waals surface area contributed by atoms with E-state index in [1.54, 1.807) is 18.2 Å². The molecule has 0 radical (unpaired) electrons. The summed E-state index contributed by atoms with van der Waals surface area (Å²) in [5.74, 6) is 0.229. The van der Waals surface area contributed by atoms with Gasteiger partial charge in [0.2, 0.25) is 0 Å². The van der Waals surface area contributed by atoms with E-state index >= 15 is 0 Å². The Morgan fingerprint density at radius 3 is 2.84 bits per heavy atom. The number of benzene rings is 1. The number of anilines is 1. The third-order valence-electron chi connectivity index (χ3n) is 3.51. The van der Waals surface area contributed by atoms with Crippen molar-refractivity contribution in [1.82, 2.24) is 5.32 Å². The van der Waals surface area contributed by atoms with Gasteiger partial charge in [0.25, 0.3) is 5.91 Å². The van der Waals surface area contributed by atoms with Gasteiger partial charge in [-0.1, -0.05) is 12.8 Å². The summed E-state index contributed by atoms with van der Waals surface area (Å²) in [4.78, 5) is 12.2. The number of hydrogen-bond acceptors (Lipinski definition) is 4. The lowest BCUT2D eigenvalue weighted by Crippen LogP contribution is -2.45. The van der Waals surface area contributed by atoms with Crippen molar-refractivity contribution in [1.29, 1.82) is 0 Å².